The fourth-order valence-electron chi connectivity index (χ4n) is 1.52. The number of aromatic nitrogens is 1. The number of hydrogen-bond acceptors (Lipinski definition) is 3. The van der Waals surface area contributed by atoms with Crippen LogP contribution in [0.2, 0.25) is 10.2 Å². The topological polar surface area (TPSA) is 71.4 Å². The van der Waals surface area contributed by atoms with E-state index in [-0.39, 0.29) is 5.15 Å². The van der Waals surface area contributed by atoms with E-state index in [0.717, 1.165) is 0 Å². The lowest BCUT2D eigenvalue weighted by molar-refractivity contribution is 0.260. The van der Waals surface area contributed by atoms with Crippen molar-refractivity contribution in [1.29, 1.82) is 0 Å². The average Bonchev–Trinajstić information content (AvgIpc) is 2.41. The molecule has 2 rings (SSSR count). The molecule has 0 saturated heterocycles. The van der Waals surface area contributed by atoms with Crippen LogP contribution in [0.3, 0.4) is 0 Å². The Morgan fingerprint density at radius 1 is 1.24 bits per heavy atom. The smallest absolute Gasteiger partial charge is 0.303 e. The van der Waals surface area contributed by atoms with Crippen LogP contribution in [0.1, 0.15) is 0 Å². The van der Waals surface area contributed by atoms with Crippen LogP contribution in [-0.2, 0) is 9.73 Å². The number of carbonyl (C=O) groups is 1. The second kappa shape index (κ2) is 6.43. The number of urea groups is 1. The minimum atomic E-state index is -2.87. The van der Waals surface area contributed by atoms with Gasteiger partial charge in [0.15, 0.2) is 5.15 Å². The summed E-state index contributed by atoms with van der Waals surface area (Å²) in [5.74, 6) is 0. The first-order valence-electron chi connectivity index (χ1n) is 5.78. The zero-order chi connectivity index (χ0) is 15.5. The van der Waals surface area contributed by atoms with Gasteiger partial charge in [0, 0.05) is 22.4 Å². The second-order valence-electron chi connectivity index (χ2n) is 4.12. The summed E-state index contributed by atoms with van der Waals surface area (Å²) in [6.07, 6.45) is 2.87. The minimum absolute atomic E-state index is 0.134. The molecule has 0 unspecified atom stereocenters. The fraction of sp³-hybridized carbons (Fsp3) is 0.0769. The number of halogens is 2. The lowest BCUT2D eigenvalue weighted by Gasteiger charge is -2.06. The molecule has 1 heterocycles. The first-order valence-corrected chi connectivity index (χ1v) is 8.45. The fourth-order valence-corrected chi connectivity index (χ4v) is 2.92. The maximum Gasteiger partial charge on any atom is 0.353 e. The number of rotatable bonds is 2. The van der Waals surface area contributed by atoms with Crippen molar-refractivity contribution in [1.82, 2.24) is 4.98 Å². The van der Waals surface area contributed by atoms with Crippen molar-refractivity contribution in [3.05, 3.63) is 52.8 Å². The van der Waals surface area contributed by atoms with E-state index in [2.05, 4.69) is 14.7 Å². The Hall–Kier alpha value is -1.63. The Balaban J connectivity index is 2.25. The molecule has 0 saturated carbocycles. The largest absolute Gasteiger partial charge is 0.353 e. The number of anilines is 1. The molecule has 5 nitrogen and oxygen atoms in total. The summed E-state index contributed by atoms with van der Waals surface area (Å²) in [6, 6.07) is 8.74. The van der Waals surface area contributed by atoms with Crippen LogP contribution in [-0.4, -0.2) is 21.5 Å². The van der Waals surface area contributed by atoms with Gasteiger partial charge in [0.1, 0.15) is 0 Å². The van der Waals surface area contributed by atoms with E-state index in [1.807, 2.05) is 0 Å². The van der Waals surface area contributed by atoms with Gasteiger partial charge in [-0.1, -0.05) is 23.2 Å². The van der Waals surface area contributed by atoms with Gasteiger partial charge in [0.25, 0.3) is 0 Å². The van der Waals surface area contributed by atoms with Gasteiger partial charge < -0.3 is 5.32 Å². The first-order chi connectivity index (χ1) is 9.88. The van der Waals surface area contributed by atoms with Crippen molar-refractivity contribution < 1.29 is 9.00 Å². The maximum absolute atomic E-state index is 12.5. The molecule has 0 bridgehead atoms. The molecule has 2 amide bonds. The average molecular weight is 344 g/mol. The van der Waals surface area contributed by atoms with Gasteiger partial charge >= 0.3 is 6.03 Å². The number of pyridine rings is 1. The first kappa shape index (κ1) is 15.8. The van der Waals surface area contributed by atoms with Gasteiger partial charge in [0.2, 0.25) is 0 Å². The summed E-state index contributed by atoms with van der Waals surface area (Å²) in [5.41, 5.74) is 0.305. The highest BCUT2D eigenvalue weighted by molar-refractivity contribution is 7.93. The summed E-state index contributed by atoms with van der Waals surface area (Å²) >= 11 is 11.6. The third kappa shape index (κ3) is 4.17. The molecule has 0 aliphatic carbocycles. The van der Waals surface area contributed by atoms with Gasteiger partial charge in [0.05, 0.1) is 15.4 Å². The third-order valence-corrected chi connectivity index (χ3v) is 4.72. The van der Waals surface area contributed by atoms with Crippen molar-refractivity contribution >= 4 is 44.6 Å². The van der Waals surface area contributed by atoms with E-state index in [1.165, 1.54) is 12.5 Å². The number of amides is 2. The summed E-state index contributed by atoms with van der Waals surface area (Å²) in [6.45, 7) is 0. The highest BCUT2D eigenvalue weighted by atomic mass is 35.5. The summed E-state index contributed by atoms with van der Waals surface area (Å²) in [7, 11) is -2.87. The van der Waals surface area contributed by atoms with E-state index in [9.17, 15) is 9.00 Å². The van der Waals surface area contributed by atoms with Crippen LogP contribution in [0, 0.1) is 0 Å². The van der Waals surface area contributed by atoms with Crippen molar-refractivity contribution in [3.8, 4) is 0 Å². The number of hydrogen-bond donors (Lipinski definition) is 1. The second-order valence-corrected chi connectivity index (χ2v) is 7.17. The SMILES string of the molecule is C[S@](=O)(=NC(=O)Nc1cccnc1Cl)c1ccc(Cl)cc1. The van der Waals surface area contributed by atoms with Gasteiger partial charge in [-0.2, -0.15) is 0 Å². The molecule has 0 aliphatic rings. The Labute approximate surface area is 132 Å². The Morgan fingerprint density at radius 3 is 2.52 bits per heavy atom. The molecule has 1 atom stereocenters. The van der Waals surface area contributed by atoms with Crippen LogP contribution < -0.4 is 5.32 Å². The Kier molecular flexibility index (Phi) is 4.82. The summed E-state index contributed by atoms with van der Waals surface area (Å²) in [4.78, 5) is 16.1. The molecule has 0 radical (unpaired) electrons. The third-order valence-electron chi connectivity index (χ3n) is 2.51. The van der Waals surface area contributed by atoms with E-state index in [4.69, 9.17) is 23.2 Å². The summed E-state index contributed by atoms with van der Waals surface area (Å²) in [5, 5.41) is 3.09. The molecular weight excluding hydrogens is 333 g/mol. The number of nitrogens with one attached hydrogen (secondary N) is 1. The van der Waals surface area contributed by atoms with E-state index < -0.39 is 15.8 Å². The van der Waals surface area contributed by atoms with E-state index in [0.29, 0.717) is 15.6 Å². The number of carbonyl (C=O) groups excluding carboxylic acids is 1. The molecule has 1 N–H and O–H groups in total. The lowest BCUT2D eigenvalue weighted by Crippen LogP contribution is -2.11. The Morgan fingerprint density at radius 2 is 1.90 bits per heavy atom. The van der Waals surface area contributed by atoms with E-state index >= 15 is 0 Å². The zero-order valence-corrected chi connectivity index (χ0v) is 13.2. The lowest BCUT2D eigenvalue weighted by atomic mass is 10.4. The van der Waals surface area contributed by atoms with Gasteiger partial charge in [-0.05, 0) is 36.4 Å². The predicted molar refractivity (Wildman–Crippen MR) is 84.5 cm³/mol. The van der Waals surface area contributed by atoms with Gasteiger partial charge in [-0.15, -0.1) is 4.36 Å². The van der Waals surface area contributed by atoms with Crippen LogP contribution in [0.25, 0.3) is 0 Å². The van der Waals surface area contributed by atoms with Crippen molar-refractivity contribution in [2.45, 2.75) is 4.90 Å². The highest BCUT2D eigenvalue weighted by Crippen LogP contribution is 2.19. The van der Waals surface area contributed by atoms with Gasteiger partial charge in [-0.25, -0.2) is 14.0 Å². The molecule has 0 spiro atoms. The van der Waals surface area contributed by atoms with Crippen molar-refractivity contribution in [3.63, 3.8) is 0 Å². The van der Waals surface area contributed by atoms with Crippen LogP contribution in [0.15, 0.2) is 51.9 Å². The monoisotopic (exact) mass is 343 g/mol. The summed E-state index contributed by atoms with van der Waals surface area (Å²) < 4.78 is 16.2. The van der Waals surface area contributed by atoms with Crippen molar-refractivity contribution in [2.75, 3.05) is 11.6 Å². The van der Waals surface area contributed by atoms with Crippen LogP contribution >= 0.6 is 23.2 Å². The normalized spacial score (nSPS) is 13.3. The number of benzene rings is 1. The van der Waals surface area contributed by atoms with Crippen LogP contribution in [0.5, 0.6) is 0 Å². The maximum atomic E-state index is 12.5. The molecule has 0 aliphatic heterocycles. The Bertz CT molecular complexity index is 784. The zero-order valence-electron chi connectivity index (χ0n) is 10.9. The highest BCUT2D eigenvalue weighted by Gasteiger charge is 2.11. The number of nitrogens with zero attached hydrogens (tertiary/aromatic N) is 2. The van der Waals surface area contributed by atoms with Crippen LogP contribution in [0.4, 0.5) is 10.5 Å². The molecule has 1 aromatic heterocycles. The molecule has 8 heteroatoms. The molecule has 0 fully saturated rings. The molecule has 21 heavy (non-hydrogen) atoms. The molecular formula is C13H11Cl2N3O2S. The van der Waals surface area contributed by atoms with Gasteiger partial charge in [-0.3, -0.25) is 0 Å². The van der Waals surface area contributed by atoms with Crippen molar-refractivity contribution in [2.24, 2.45) is 4.36 Å². The predicted octanol–water partition coefficient (Wildman–Crippen LogP) is 4.08. The van der Waals surface area contributed by atoms with E-state index in [1.54, 1.807) is 36.4 Å². The molecule has 110 valence electrons. The quantitative estimate of drug-likeness (QED) is 0.835. The molecule has 1 aromatic carbocycles. The minimum Gasteiger partial charge on any atom is -0.303 e. The molecule has 2 aromatic rings. The standard InChI is InChI=1S/C13H11Cl2N3O2S/c1-21(20,10-6-4-9(14)5-7-10)18-13(19)17-11-3-2-8-16-12(11)15/h2-8H,1H3,(H,17,19)/t21-/m1/s1.